The SMILES string of the molecule is CC(=O)SCC(=Cc1ccc(Cl)c(Cl)c1)B1OC(C)(C)C(C)(C)O1. The van der Waals surface area contributed by atoms with Crippen molar-refractivity contribution in [2.75, 3.05) is 5.75 Å². The van der Waals surface area contributed by atoms with Gasteiger partial charge >= 0.3 is 7.12 Å². The van der Waals surface area contributed by atoms with Gasteiger partial charge in [-0.1, -0.05) is 47.1 Å². The first-order chi connectivity index (χ1) is 11.0. The molecule has 1 aliphatic rings. The molecule has 0 radical (unpaired) electrons. The van der Waals surface area contributed by atoms with Crippen molar-refractivity contribution in [2.24, 2.45) is 0 Å². The van der Waals surface area contributed by atoms with Crippen LogP contribution in [-0.4, -0.2) is 29.2 Å². The third-order valence-electron chi connectivity index (χ3n) is 4.29. The predicted molar refractivity (Wildman–Crippen MR) is 104 cm³/mol. The lowest BCUT2D eigenvalue weighted by Crippen LogP contribution is -2.41. The van der Waals surface area contributed by atoms with Gasteiger partial charge in [0, 0.05) is 12.7 Å². The Bertz CT molecular complexity index is 658. The summed E-state index contributed by atoms with van der Waals surface area (Å²) >= 11 is 13.3. The van der Waals surface area contributed by atoms with Gasteiger partial charge in [-0.3, -0.25) is 4.79 Å². The monoisotopic (exact) mass is 386 g/mol. The Labute approximate surface area is 158 Å². The van der Waals surface area contributed by atoms with E-state index in [9.17, 15) is 4.79 Å². The van der Waals surface area contributed by atoms with Crippen molar-refractivity contribution >= 4 is 53.3 Å². The second-order valence-electron chi connectivity index (χ2n) is 6.76. The third-order valence-corrected chi connectivity index (χ3v) is 5.92. The topological polar surface area (TPSA) is 35.5 Å². The van der Waals surface area contributed by atoms with Crippen LogP contribution in [-0.2, 0) is 14.1 Å². The molecule has 0 bridgehead atoms. The lowest BCUT2D eigenvalue weighted by Gasteiger charge is -2.32. The summed E-state index contributed by atoms with van der Waals surface area (Å²) in [6.07, 6.45) is 1.94. The molecule has 24 heavy (non-hydrogen) atoms. The van der Waals surface area contributed by atoms with Crippen LogP contribution in [0.2, 0.25) is 10.0 Å². The van der Waals surface area contributed by atoms with E-state index in [1.807, 2.05) is 39.8 Å². The zero-order valence-corrected chi connectivity index (χ0v) is 16.8. The first-order valence-electron chi connectivity index (χ1n) is 7.66. The van der Waals surface area contributed by atoms with Gasteiger partial charge in [0.05, 0.1) is 21.2 Å². The van der Waals surface area contributed by atoms with Gasteiger partial charge in [-0.15, -0.1) is 0 Å². The minimum atomic E-state index is -0.503. The molecule has 1 heterocycles. The highest BCUT2D eigenvalue weighted by atomic mass is 35.5. The summed E-state index contributed by atoms with van der Waals surface area (Å²) in [4.78, 5) is 11.4. The molecule has 0 aliphatic carbocycles. The second kappa shape index (κ2) is 7.42. The zero-order chi connectivity index (χ0) is 18.1. The van der Waals surface area contributed by atoms with Crippen molar-refractivity contribution < 1.29 is 14.1 Å². The molecule has 0 atom stereocenters. The van der Waals surface area contributed by atoms with Gasteiger partial charge < -0.3 is 9.31 Å². The molecule has 1 aliphatic heterocycles. The van der Waals surface area contributed by atoms with Crippen LogP contribution in [0.4, 0.5) is 0 Å². The normalized spacial score (nSPS) is 19.6. The summed E-state index contributed by atoms with van der Waals surface area (Å²) < 4.78 is 12.2. The minimum absolute atomic E-state index is 0.0477. The summed E-state index contributed by atoms with van der Waals surface area (Å²) in [6.45, 7) is 9.55. The quantitative estimate of drug-likeness (QED) is 0.658. The smallest absolute Gasteiger partial charge is 0.400 e. The van der Waals surface area contributed by atoms with Gasteiger partial charge in [-0.2, -0.15) is 0 Å². The first kappa shape index (κ1) is 19.9. The molecule has 3 nitrogen and oxygen atoms in total. The highest BCUT2D eigenvalue weighted by Crippen LogP contribution is 2.39. The molecule has 1 fully saturated rings. The predicted octanol–water partition coefficient (Wildman–Crippen LogP) is 5.29. The molecule has 2 rings (SSSR count). The van der Waals surface area contributed by atoms with E-state index in [4.69, 9.17) is 32.5 Å². The average molecular weight is 387 g/mol. The molecule has 0 aromatic heterocycles. The number of hydrogen-bond acceptors (Lipinski definition) is 4. The number of halogens is 2. The minimum Gasteiger partial charge on any atom is -0.400 e. The largest absolute Gasteiger partial charge is 0.491 e. The summed E-state index contributed by atoms with van der Waals surface area (Å²) in [6, 6.07) is 5.40. The molecule has 1 saturated heterocycles. The number of carbonyl (C=O) groups is 1. The fourth-order valence-electron chi connectivity index (χ4n) is 2.17. The molecule has 0 unspecified atom stereocenters. The molecule has 1 aromatic carbocycles. The van der Waals surface area contributed by atoms with Gasteiger partial charge in [0.25, 0.3) is 0 Å². The summed E-state index contributed by atoms with van der Waals surface area (Å²) in [5, 5.41) is 1.04. The van der Waals surface area contributed by atoms with Crippen molar-refractivity contribution in [3.63, 3.8) is 0 Å². The summed E-state index contributed by atoms with van der Waals surface area (Å²) in [5.41, 5.74) is 0.899. The van der Waals surface area contributed by atoms with E-state index in [0.29, 0.717) is 15.8 Å². The van der Waals surface area contributed by atoms with Crippen molar-refractivity contribution in [3.05, 3.63) is 39.3 Å². The van der Waals surface area contributed by atoms with Crippen LogP contribution >= 0.6 is 35.0 Å². The average Bonchev–Trinajstić information content (AvgIpc) is 2.67. The van der Waals surface area contributed by atoms with Gasteiger partial charge in [0.2, 0.25) is 0 Å². The highest BCUT2D eigenvalue weighted by molar-refractivity contribution is 8.13. The number of benzene rings is 1. The van der Waals surface area contributed by atoms with Gasteiger partial charge in [-0.25, -0.2) is 0 Å². The Hall–Kier alpha value is -0.455. The molecule has 0 spiro atoms. The summed E-state index contributed by atoms with van der Waals surface area (Å²) in [7, 11) is -0.503. The van der Waals surface area contributed by atoms with Crippen LogP contribution in [0.5, 0.6) is 0 Å². The number of thioether (sulfide) groups is 1. The van der Waals surface area contributed by atoms with Crippen molar-refractivity contribution in [3.8, 4) is 0 Å². The molecule has 0 amide bonds. The van der Waals surface area contributed by atoms with Crippen molar-refractivity contribution in [2.45, 2.75) is 45.8 Å². The Morgan fingerprint density at radius 2 is 1.75 bits per heavy atom. The molecular weight excluding hydrogens is 366 g/mol. The van der Waals surface area contributed by atoms with E-state index in [0.717, 1.165) is 11.0 Å². The molecule has 130 valence electrons. The standard InChI is InChI=1S/C17H21BCl2O3S/c1-11(21)24-10-13(8-12-6-7-14(19)15(20)9-12)18-22-16(2,3)17(4,5)23-18/h6-9H,10H2,1-5H3. The van der Waals surface area contributed by atoms with E-state index in [1.54, 1.807) is 19.1 Å². The van der Waals surface area contributed by atoms with Gasteiger partial charge in [-0.05, 0) is 50.9 Å². The fourth-order valence-corrected chi connectivity index (χ4v) is 3.07. The van der Waals surface area contributed by atoms with Crippen LogP contribution in [0.1, 0.15) is 40.2 Å². The van der Waals surface area contributed by atoms with E-state index in [2.05, 4.69) is 0 Å². The molecular formula is C17H21BCl2O3S. The maximum atomic E-state index is 11.4. The van der Waals surface area contributed by atoms with Gasteiger partial charge in [0.1, 0.15) is 0 Å². The Morgan fingerprint density at radius 1 is 1.17 bits per heavy atom. The van der Waals surface area contributed by atoms with Crippen LogP contribution < -0.4 is 0 Å². The molecule has 7 heteroatoms. The number of carbonyl (C=O) groups excluding carboxylic acids is 1. The van der Waals surface area contributed by atoms with Crippen LogP contribution in [0, 0.1) is 0 Å². The molecule has 1 aromatic rings. The highest BCUT2D eigenvalue weighted by Gasteiger charge is 2.52. The third kappa shape index (κ3) is 4.58. The zero-order valence-electron chi connectivity index (χ0n) is 14.5. The molecule has 0 N–H and O–H groups in total. The number of hydrogen-bond donors (Lipinski definition) is 0. The van der Waals surface area contributed by atoms with Crippen molar-refractivity contribution in [1.82, 2.24) is 0 Å². The Morgan fingerprint density at radius 3 is 2.25 bits per heavy atom. The van der Waals surface area contributed by atoms with Crippen LogP contribution in [0.25, 0.3) is 6.08 Å². The number of rotatable bonds is 4. The van der Waals surface area contributed by atoms with E-state index < -0.39 is 18.3 Å². The Balaban J connectivity index is 2.33. The first-order valence-corrected chi connectivity index (χ1v) is 9.40. The van der Waals surface area contributed by atoms with E-state index in [1.165, 1.54) is 11.8 Å². The summed E-state index contributed by atoms with van der Waals surface area (Å²) in [5.74, 6) is 0.492. The fraction of sp³-hybridized carbons (Fsp3) is 0.471. The van der Waals surface area contributed by atoms with E-state index in [-0.39, 0.29) is 5.12 Å². The second-order valence-corrected chi connectivity index (χ2v) is 8.73. The maximum Gasteiger partial charge on any atom is 0.491 e. The van der Waals surface area contributed by atoms with Crippen molar-refractivity contribution in [1.29, 1.82) is 0 Å². The van der Waals surface area contributed by atoms with E-state index >= 15 is 0 Å². The van der Waals surface area contributed by atoms with Gasteiger partial charge in [0.15, 0.2) is 5.12 Å². The lowest BCUT2D eigenvalue weighted by molar-refractivity contribution is -0.109. The van der Waals surface area contributed by atoms with Crippen LogP contribution in [0.3, 0.4) is 0 Å². The Kier molecular flexibility index (Phi) is 6.14. The maximum absolute atomic E-state index is 11.4. The van der Waals surface area contributed by atoms with Crippen LogP contribution in [0.15, 0.2) is 23.7 Å². The molecule has 0 saturated carbocycles. The lowest BCUT2D eigenvalue weighted by atomic mass is 9.78.